The van der Waals surface area contributed by atoms with Crippen LogP contribution in [0.25, 0.3) is 0 Å². The predicted octanol–water partition coefficient (Wildman–Crippen LogP) is 3.60. The summed E-state index contributed by atoms with van der Waals surface area (Å²) in [6, 6.07) is 2.79. The van der Waals surface area contributed by atoms with Crippen molar-refractivity contribution in [2.45, 2.75) is 25.8 Å². The first-order valence-corrected chi connectivity index (χ1v) is 5.48. The summed E-state index contributed by atoms with van der Waals surface area (Å²) in [5, 5.41) is 3.64. The van der Waals surface area contributed by atoms with E-state index in [1.165, 1.54) is 12.1 Å². The van der Waals surface area contributed by atoms with Gasteiger partial charge in [-0.3, -0.25) is 0 Å². The summed E-state index contributed by atoms with van der Waals surface area (Å²) in [5.74, 6) is -0.324. The summed E-state index contributed by atoms with van der Waals surface area (Å²) < 4.78 is 13.1. The van der Waals surface area contributed by atoms with Gasteiger partial charge < -0.3 is 5.32 Å². The van der Waals surface area contributed by atoms with Gasteiger partial charge in [-0.05, 0) is 31.5 Å². The zero-order valence-corrected chi connectivity index (χ0v) is 10.1. The first kappa shape index (κ1) is 10.8. The fraction of sp³-hybridized carbons (Fsp3) is 0.364. The smallest absolute Gasteiger partial charge is 0.126 e. The van der Waals surface area contributed by atoms with E-state index in [1.54, 1.807) is 0 Å². The third-order valence-corrected chi connectivity index (χ3v) is 3.63. The lowest BCUT2D eigenvalue weighted by Gasteiger charge is -2.35. The van der Waals surface area contributed by atoms with Gasteiger partial charge in [0, 0.05) is 22.0 Å². The number of hydrogen-bond donors (Lipinski definition) is 1. The Bertz CT molecular complexity index is 442. The van der Waals surface area contributed by atoms with Crippen molar-refractivity contribution in [1.29, 1.82) is 0 Å². The van der Waals surface area contributed by atoms with E-state index in [-0.39, 0.29) is 11.4 Å². The molecular formula is C11H11ClFNS. The number of hydrogen-bond acceptors (Lipinski definition) is 2. The molecule has 0 aromatic heterocycles. The maximum Gasteiger partial charge on any atom is 0.126 e. The van der Waals surface area contributed by atoms with Crippen LogP contribution in [0.2, 0.25) is 5.02 Å². The van der Waals surface area contributed by atoms with Crippen molar-refractivity contribution in [3.05, 3.63) is 28.5 Å². The summed E-state index contributed by atoms with van der Waals surface area (Å²) in [6.07, 6.45) is 0.629. The number of nitrogens with one attached hydrogen (secondary N) is 1. The van der Waals surface area contributed by atoms with Gasteiger partial charge in [-0.15, -0.1) is 0 Å². The Morgan fingerprint density at radius 1 is 1.47 bits per heavy atom. The second-order valence-corrected chi connectivity index (χ2v) is 5.16. The van der Waals surface area contributed by atoms with E-state index in [2.05, 4.69) is 5.32 Å². The van der Waals surface area contributed by atoms with Gasteiger partial charge in [-0.1, -0.05) is 23.8 Å². The average Bonchev–Trinajstić information content (AvgIpc) is 2.08. The van der Waals surface area contributed by atoms with Gasteiger partial charge in [0.2, 0.25) is 0 Å². The Hall–Kier alpha value is -0.670. The van der Waals surface area contributed by atoms with Gasteiger partial charge in [-0.25, -0.2) is 4.39 Å². The molecule has 1 aliphatic rings. The molecule has 80 valence electrons. The first-order valence-electron chi connectivity index (χ1n) is 4.69. The number of benzene rings is 1. The van der Waals surface area contributed by atoms with Crippen LogP contribution < -0.4 is 5.32 Å². The predicted molar refractivity (Wildman–Crippen MR) is 65.4 cm³/mol. The Labute approximate surface area is 98.6 Å². The van der Waals surface area contributed by atoms with Crippen LogP contribution in [-0.2, 0) is 6.42 Å². The SMILES string of the molecule is CC1(C)Nc2cc(F)cc(Cl)c2CC1=S. The number of rotatable bonds is 0. The molecule has 0 bridgehead atoms. The van der Waals surface area contributed by atoms with Gasteiger partial charge in [0.1, 0.15) is 5.82 Å². The molecule has 0 radical (unpaired) electrons. The highest BCUT2D eigenvalue weighted by Gasteiger charge is 2.30. The molecule has 0 atom stereocenters. The quantitative estimate of drug-likeness (QED) is 0.699. The number of fused-ring (bicyclic) bond motifs is 1. The van der Waals surface area contributed by atoms with Crippen molar-refractivity contribution in [3.63, 3.8) is 0 Å². The number of thiocarbonyl (C=S) groups is 1. The van der Waals surface area contributed by atoms with Crippen molar-refractivity contribution in [2.24, 2.45) is 0 Å². The second kappa shape index (κ2) is 3.42. The van der Waals surface area contributed by atoms with Crippen LogP contribution in [0.3, 0.4) is 0 Å². The maximum absolute atomic E-state index is 13.1. The molecule has 1 aromatic carbocycles. The van der Waals surface area contributed by atoms with E-state index in [9.17, 15) is 4.39 Å². The van der Waals surface area contributed by atoms with Gasteiger partial charge in [-0.2, -0.15) is 0 Å². The van der Waals surface area contributed by atoms with E-state index in [0.717, 1.165) is 16.1 Å². The molecule has 0 saturated heterocycles. The highest BCUT2D eigenvalue weighted by Crippen LogP contribution is 2.34. The normalized spacial score (nSPS) is 18.3. The van der Waals surface area contributed by atoms with E-state index in [0.29, 0.717) is 11.4 Å². The minimum atomic E-state index is -0.324. The fourth-order valence-corrected chi connectivity index (χ4v) is 2.15. The van der Waals surface area contributed by atoms with Gasteiger partial charge >= 0.3 is 0 Å². The van der Waals surface area contributed by atoms with Crippen LogP contribution >= 0.6 is 23.8 Å². The Morgan fingerprint density at radius 3 is 2.80 bits per heavy atom. The molecule has 1 nitrogen and oxygen atoms in total. The van der Waals surface area contributed by atoms with Gasteiger partial charge in [0.15, 0.2) is 0 Å². The largest absolute Gasteiger partial charge is 0.375 e. The molecule has 0 unspecified atom stereocenters. The molecule has 0 amide bonds. The minimum Gasteiger partial charge on any atom is -0.375 e. The van der Waals surface area contributed by atoms with Crippen molar-refractivity contribution in [1.82, 2.24) is 0 Å². The van der Waals surface area contributed by atoms with Crippen LogP contribution in [0.15, 0.2) is 12.1 Å². The molecule has 4 heteroatoms. The number of halogens is 2. The van der Waals surface area contributed by atoms with Gasteiger partial charge in [0.05, 0.1) is 5.54 Å². The van der Waals surface area contributed by atoms with E-state index in [1.807, 2.05) is 13.8 Å². The van der Waals surface area contributed by atoms with Crippen molar-refractivity contribution >= 4 is 34.4 Å². The third-order valence-electron chi connectivity index (χ3n) is 2.64. The van der Waals surface area contributed by atoms with Gasteiger partial charge in [0.25, 0.3) is 0 Å². The summed E-state index contributed by atoms with van der Waals surface area (Å²) >= 11 is 11.3. The van der Waals surface area contributed by atoms with Crippen molar-refractivity contribution in [3.8, 4) is 0 Å². The highest BCUT2D eigenvalue weighted by molar-refractivity contribution is 7.80. The van der Waals surface area contributed by atoms with E-state index in [4.69, 9.17) is 23.8 Å². The summed E-state index contributed by atoms with van der Waals surface area (Å²) in [6.45, 7) is 3.97. The highest BCUT2D eigenvalue weighted by atomic mass is 35.5. The summed E-state index contributed by atoms with van der Waals surface area (Å²) in [4.78, 5) is 0.892. The topological polar surface area (TPSA) is 12.0 Å². The molecule has 0 aliphatic carbocycles. The second-order valence-electron chi connectivity index (χ2n) is 4.26. The van der Waals surface area contributed by atoms with Crippen LogP contribution in [0.5, 0.6) is 0 Å². The molecule has 1 N–H and O–H groups in total. The van der Waals surface area contributed by atoms with Crippen LogP contribution in [0.4, 0.5) is 10.1 Å². The lowest BCUT2D eigenvalue weighted by molar-refractivity contribution is 0.626. The Morgan fingerprint density at radius 2 is 2.13 bits per heavy atom. The van der Waals surface area contributed by atoms with Crippen molar-refractivity contribution < 1.29 is 4.39 Å². The first-order chi connectivity index (χ1) is 6.90. The molecule has 15 heavy (non-hydrogen) atoms. The molecule has 0 fully saturated rings. The summed E-state index contributed by atoms with van der Waals surface area (Å²) in [5.41, 5.74) is 1.36. The van der Waals surface area contributed by atoms with E-state index < -0.39 is 0 Å². The molecule has 1 aromatic rings. The number of anilines is 1. The molecule has 0 spiro atoms. The van der Waals surface area contributed by atoms with Crippen LogP contribution in [0.1, 0.15) is 19.4 Å². The minimum absolute atomic E-state index is 0.278. The lowest BCUT2D eigenvalue weighted by atomic mass is 9.89. The fourth-order valence-electron chi connectivity index (χ4n) is 1.68. The molecule has 1 heterocycles. The Kier molecular flexibility index (Phi) is 2.47. The molecule has 1 aliphatic heterocycles. The summed E-state index contributed by atoms with van der Waals surface area (Å²) in [7, 11) is 0. The maximum atomic E-state index is 13.1. The van der Waals surface area contributed by atoms with E-state index >= 15 is 0 Å². The standard InChI is InChI=1S/C11H11ClFNS/c1-11(2)10(15)5-7-8(12)3-6(13)4-9(7)14-11/h3-4,14H,5H2,1-2H3. The molecule has 0 saturated carbocycles. The zero-order chi connectivity index (χ0) is 11.2. The molecular weight excluding hydrogens is 233 g/mol. The molecule has 2 rings (SSSR count). The van der Waals surface area contributed by atoms with Crippen molar-refractivity contribution in [2.75, 3.05) is 5.32 Å². The lowest BCUT2D eigenvalue weighted by Crippen LogP contribution is -2.43. The average molecular weight is 244 g/mol. The third kappa shape index (κ3) is 1.86. The Balaban J connectivity index is 2.55. The monoisotopic (exact) mass is 243 g/mol. The van der Waals surface area contributed by atoms with Crippen LogP contribution in [-0.4, -0.2) is 10.4 Å². The van der Waals surface area contributed by atoms with Crippen LogP contribution in [0, 0.1) is 5.82 Å². The zero-order valence-electron chi connectivity index (χ0n) is 8.53.